The lowest BCUT2D eigenvalue weighted by molar-refractivity contribution is -0.0779. The number of ether oxygens (including phenoxy) is 3. The fourth-order valence-corrected chi connectivity index (χ4v) is 5.12. The molecule has 1 aromatic carbocycles. The van der Waals surface area contributed by atoms with E-state index >= 15 is 0 Å². The van der Waals surface area contributed by atoms with E-state index in [4.69, 9.17) is 14.2 Å². The van der Waals surface area contributed by atoms with Crippen LogP contribution in [0.25, 0.3) is 0 Å². The summed E-state index contributed by atoms with van der Waals surface area (Å²) in [5.74, 6) is 2.52. The van der Waals surface area contributed by atoms with E-state index < -0.39 is 0 Å². The molecule has 30 heavy (non-hydrogen) atoms. The van der Waals surface area contributed by atoms with Crippen LogP contribution in [-0.4, -0.2) is 75.6 Å². The number of hydrogen-bond donors (Lipinski definition) is 0. The van der Waals surface area contributed by atoms with Crippen molar-refractivity contribution in [3.05, 3.63) is 29.8 Å². The van der Waals surface area contributed by atoms with Gasteiger partial charge >= 0.3 is 0 Å². The summed E-state index contributed by atoms with van der Waals surface area (Å²) in [6, 6.07) is 8.40. The van der Waals surface area contributed by atoms with Gasteiger partial charge in [0, 0.05) is 45.5 Å². The number of para-hydroxylation sites is 1. The molecule has 0 aromatic heterocycles. The third-order valence-corrected chi connectivity index (χ3v) is 6.74. The lowest BCUT2D eigenvalue weighted by Gasteiger charge is -2.39. The summed E-state index contributed by atoms with van der Waals surface area (Å²) in [6.07, 6.45) is 4.90. The molecular weight excluding hydrogens is 376 g/mol. The van der Waals surface area contributed by atoms with Gasteiger partial charge in [0.2, 0.25) is 0 Å². The molecule has 0 spiro atoms. The van der Waals surface area contributed by atoms with E-state index in [2.05, 4.69) is 41.8 Å². The maximum atomic E-state index is 5.93. The average molecular weight is 419 g/mol. The molecule has 2 aliphatic heterocycles. The van der Waals surface area contributed by atoms with Gasteiger partial charge in [0.25, 0.3) is 0 Å². The summed E-state index contributed by atoms with van der Waals surface area (Å²) in [4.78, 5) is 5.24. The van der Waals surface area contributed by atoms with Crippen LogP contribution in [0, 0.1) is 11.8 Å². The van der Waals surface area contributed by atoms with E-state index in [1.807, 2.05) is 13.2 Å². The zero-order chi connectivity index (χ0) is 21.4. The van der Waals surface area contributed by atoms with Gasteiger partial charge in [0.1, 0.15) is 5.75 Å². The van der Waals surface area contributed by atoms with Gasteiger partial charge < -0.3 is 19.1 Å². The summed E-state index contributed by atoms with van der Waals surface area (Å²) < 4.78 is 16.9. The highest BCUT2D eigenvalue weighted by Crippen LogP contribution is 2.30. The largest absolute Gasteiger partial charge is 0.496 e. The van der Waals surface area contributed by atoms with E-state index in [1.54, 1.807) is 7.11 Å². The van der Waals surface area contributed by atoms with Crippen molar-refractivity contribution in [1.82, 2.24) is 9.80 Å². The summed E-state index contributed by atoms with van der Waals surface area (Å²) in [5, 5.41) is 0. The third kappa shape index (κ3) is 7.23. The topological polar surface area (TPSA) is 34.2 Å². The molecule has 170 valence electrons. The lowest BCUT2D eigenvalue weighted by Crippen LogP contribution is -2.43. The maximum absolute atomic E-state index is 5.93. The molecule has 3 rings (SSSR count). The van der Waals surface area contributed by atoms with Crippen LogP contribution in [0.1, 0.15) is 45.1 Å². The Kier molecular flexibility index (Phi) is 8.99. The molecule has 2 aliphatic rings. The van der Waals surface area contributed by atoms with Crippen molar-refractivity contribution in [3.8, 4) is 5.75 Å². The van der Waals surface area contributed by atoms with Crippen LogP contribution in [-0.2, 0) is 16.0 Å². The highest BCUT2D eigenvalue weighted by atomic mass is 16.5. The van der Waals surface area contributed by atoms with Gasteiger partial charge in [0.15, 0.2) is 0 Å². The number of hydrogen-bond acceptors (Lipinski definition) is 5. The molecule has 2 saturated heterocycles. The minimum atomic E-state index is 0.0275. The smallest absolute Gasteiger partial charge is 0.123 e. The van der Waals surface area contributed by atoms with E-state index in [0.29, 0.717) is 0 Å². The molecule has 0 amide bonds. The Labute approximate surface area is 183 Å². The second-order valence-electron chi connectivity index (χ2n) is 9.75. The van der Waals surface area contributed by atoms with Crippen molar-refractivity contribution in [2.75, 3.05) is 60.2 Å². The zero-order valence-electron chi connectivity index (χ0n) is 19.6. The Hall–Kier alpha value is -1.14. The molecule has 0 saturated carbocycles. The third-order valence-electron chi connectivity index (χ3n) is 6.74. The molecule has 0 aliphatic carbocycles. The van der Waals surface area contributed by atoms with Gasteiger partial charge in [-0.3, -0.25) is 4.90 Å². The Morgan fingerprint density at radius 2 is 1.80 bits per heavy atom. The van der Waals surface area contributed by atoms with Crippen LogP contribution in [0.4, 0.5) is 0 Å². The van der Waals surface area contributed by atoms with Gasteiger partial charge in [-0.25, -0.2) is 0 Å². The Balaban J connectivity index is 1.47. The van der Waals surface area contributed by atoms with Crippen molar-refractivity contribution in [3.63, 3.8) is 0 Å². The van der Waals surface area contributed by atoms with Gasteiger partial charge in [-0.15, -0.1) is 0 Å². The first-order valence-electron chi connectivity index (χ1n) is 11.7. The lowest BCUT2D eigenvalue weighted by atomic mass is 9.87. The summed E-state index contributed by atoms with van der Waals surface area (Å²) in [6.45, 7) is 12.9. The molecule has 5 heteroatoms. The van der Waals surface area contributed by atoms with Gasteiger partial charge in [-0.05, 0) is 70.5 Å². The molecule has 2 heterocycles. The molecule has 1 atom stereocenters. The number of nitrogens with zero attached hydrogens (tertiary/aromatic N) is 2. The highest BCUT2D eigenvalue weighted by Gasteiger charge is 2.30. The second-order valence-corrected chi connectivity index (χ2v) is 9.75. The van der Waals surface area contributed by atoms with E-state index in [1.165, 1.54) is 51.0 Å². The predicted octanol–water partition coefficient (Wildman–Crippen LogP) is 4.06. The summed E-state index contributed by atoms with van der Waals surface area (Å²) in [7, 11) is 3.57. The molecule has 0 N–H and O–H groups in total. The zero-order valence-corrected chi connectivity index (χ0v) is 19.6. The molecule has 0 bridgehead atoms. The van der Waals surface area contributed by atoms with Gasteiger partial charge in [-0.2, -0.15) is 0 Å². The number of rotatable bonds is 10. The normalized spacial score (nSPS) is 23.0. The molecule has 0 unspecified atom stereocenters. The van der Waals surface area contributed by atoms with Crippen molar-refractivity contribution in [2.24, 2.45) is 11.8 Å². The first-order valence-corrected chi connectivity index (χ1v) is 11.7. The van der Waals surface area contributed by atoms with E-state index in [9.17, 15) is 0 Å². The number of likely N-dealkylation sites (tertiary alicyclic amines) is 1. The monoisotopic (exact) mass is 418 g/mol. The van der Waals surface area contributed by atoms with Crippen molar-refractivity contribution in [1.29, 1.82) is 0 Å². The SMILES string of the molecule is COCCN(CC1CCN(Cc2ccccc2OC)CC1)C[C@H]1CCOC(C)(C)C1. The van der Waals surface area contributed by atoms with E-state index in [0.717, 1.165) is 50.3 Å². The first kappa shape index (κ1) is 23.5. The molecular formula is C25H42N2O3. The van der Waals surface area contributed by atoms with Gasteiger partial charge in [-0.1, -0.05) is 18.2 Å². The summed E-state index contributed by atoms with van der Waals surface area (Å²) in [5.41, 5.74) is 1.32. The summed E-state index contributed by atoms with van der Waals surface area (Å²) >= 11 is 0. The van der Waals surface area contributed by atoms with Crippen LogP contribution in [0.5, 0.6) is 5.75 Å². The van der Waals surface area contributed by atoms with E-state index in [-0.39, 0.29) is 5.60 Å². The molecule has 0 radical (unpaired) electrons. The van der Waals surface area contributed by atoms with Gasteiger partial charge in [0.05, 0.1) is 19.3 Å². The Morgan fingerprint density at radius 3 is 2.50 bits per heavy atom. The Bertz CT molecular complexity index is 629. The molecule has 5 nitrogen and oxygen atoms in total. The Morgan fingerprint density at radius 1 is 1.07 bits per heavy atom. The molecule has 1 aromatic rings. The maximum Gasteiger partial charge on any atom is 0.123 e. The molecule has 2 fully saturated rings. The second kappa shape index (κ2) is 11.5. The van der Waals surface area contributed by atoms with Crippen LogP contribution in [0.2, 0.25) is 0 Å². The average Bonchev–Trinajstić information content (AvgIpc) is 2.73. The van der Waals surface area contributed by atoms with Crippen LogP contribution >= 0.6 is 0 Å². The van der Waals surface area contributed by atoms with Crippen molar-refractivity contribution >= 4 is 0 Å². The number of piperidine rings is 1. The highest BCUT2D eigenvalue weighted by molar-refractivity contribution is 5.33. The number of benzene rings is 1. The van der Waals surface area contributed by atoms with Crippen LogP contribution in [0.15, 0.2) is 24.3 Å². The number of methoxy groups -OCH3 is 2. The van der Waals surface area contributed by atoms with Crippen LogP contribution in [0.3, 0.4) is 0 Å². The standard InChI is InChI=1S/C25H42N2O3/c1-25(2)17-22(11-15-30-25)19-27(14-16-28-3)18-21-9-12-26(13-10-21)20-23-7-5-6-8-24(23)29-4/h5-8,21-22H,9-20H2,1-4H3/t22-/m0/s1. The minimum absolute atomic E-state index is 0.0275. The first-order chi connectivity index (χ1) is 14.5. The van der Waals surface area contributed by atoms with Crippen LogP contribution < -0.4 is 4.74 Å². The predicted molar refractivity (Wildman–Crippen MR) is 122 cm³/mol. The van der Waals surface area contributed by atoms with Crippen molar-refractivity contribution < 1.29 is 14.2 Å². The quantitative estimate of drug-likeness (QED) is 0.572. The minimum Gasteiger partial charge on any atom is -0.496 e. The fraction of sp³-hybridized carbons (Fsp3) is 0.760. The fourth-order valence-electron chi connectivity index (χ4n) is 5.12. The van der Waals surface area contributed by atoms with Crippen molar-refractivity contribution in [2.45, 2.75) is 51.7 Å².